The van der Waals surface area contributed by atoms with E-state index in [9.17, 15) is 0 Å². The van der Waals surface area contributed by atoms with E-state index in [1.54, 1.807) is 6.07 Å². The van der Waals surface area contributed by atoms with Crippen LogP contribution < -0.4 is 15.4 Å². The van der Waals surface area contributed by atoms with Crippen LogP contribution in [-0.2, 0) is 13.2 Å². The lowest BCUT2D eigenvalue weighted by Crippen LogP contribution is -2.21. The molecule has 2 rings (SSSR count). The molecule has 0 saturated carbocycles. The van der Waals surface area contributed by atoms with Crippen LogP contribution in [0.3, 0.4) is 0 Å². The van der Waals surface area contributed by atoms with Crippen molar-refractivity contribution < 1.29 is 4.74 Å². The Morgan fingerprint density at radius 1 is 1.00 bits per heavy atom. The summed E-state index contributed by atoms with van der Waals surface area (Å²) in [5, 5.41) is 8.02. The van der Waals surface area contributed by atoms with Crippen LogP contribution in [0, 0.1) is 0 Å². The summed E-state index contributed by atoms with van der Waals surface area (Å²) in [6.45, 7) is 6.46. The molecule has 0 amide bonds. The molecule has 0 unspecified atom stereocenters. The van der Waals surface area contributed by atoms with Crippen LogP contribution in [0.1, 0.15) is 24.5 Å². The third-order valence-electron chi connectivity index (χ3n) is 3.59. The second-order valence-electron chi connectivity index (χ2n) is 5.56. The minimum Gasteiger partial charge on any atom is -0.489 e. The molecule has 0 heterocycles. The number of rotatable bonds is 10. The minimum absolute atomic E-state index is 0.426. The van der Waals surface area contributed by atoms with Gasteiger partial charge in [-0.05, 0) is 55.9 Å². The van der Waals surface area contributed by atoms with E-state index >= 15 is 0 Å². The maximum Gasteiger partial charge on any atom is 0.120 e. The van der Waals surface area contributed by atoms with Gasteiger partial charge in [0.05, 0.1) is 0 Å². The molecule has 3 nitrogen and oxygen atoms in total. The predicted molar refractivity (Wildman–Crippen MR) is 102 cm³/mol. The molecule has 0 saturated heterocycles. The molecular weight excluding hydrogens is 343 g/mol. The summed E-state index contributed by atoms with van der Waals surface area (Å²) in [7, 11) is 0. The van der Waals surface area contributed by atoms with Crippen LogP contribution in [0.15, 0.2) is 42.5 Å². The average molecular weight is 367 g/mol. The Morgan fingerprint density at radius 2 is 1.83 bits per heavy atom. The minimum atomic E-state index is 0.426. The molecule has 0 radical (unpaired) electrons. The Bertz CT molecular complexity index is 635. The molecule has 0 spiro atoms. The van der Waals surface area contributed by atoms with Gasteiger partial charge in [-0.2, -0.15) is 0 Å². The monoisotopic (exact) mass is 366 g/mol. The Hall–Kier alpha value is -1.26. The maximum absolute atomic E-state index is 6.17. The van der Waals surface area contributed by atoms with Gasteiger partial charge in [-0.3, -0.25) is 0 Å². The van der Waals surface area contributed by atoms with Gasteiger partial charge in [-0.1, -0.05) is 48.3 Å². The van der Waals surface area contributed by atoms with E-state index in [1.807, 2.05) is 24.3 Å². The van der Waals surface area contributed by atoms with E-state index in [1.165, 1.54) is 5.56 Å². The highest BCUT2D eigenvalue weighted by Gasteiger charge is 2.03. The molecule has 0 atom stereocenters. The van der Waals surface area contributed by atoms with Crippen molar-refractivity contribution >= 4 is 23.2 Å². The summed E-state index contributed by atoms with van der Waals surface area (Å²) in [4.78, 5) is 0. The molecule has 0 aliphatic rings. The summed E-state index contributed by atoms with van der Waals surface area (Å²) in [6, 6.07) is 13.6. The van der Waals surface area contributed by atoms with Crippen LogP contribution >= 0.6 is 23.2 Å². The molecule has 2 N–H and O–H groups in total. The SMILES string of the molecule is CCNCCCNCc1cccc(OCc2ccc(Cl)cc2Cl)c1. The second kappa shape index (κ2) is 10.6. The molecule has 0 aliphatic carbocycles. The van der Waals surface area contributed by atoms with Gasteiger partial charge in [-0.15, -0.1) is 0 Å². The smallest absolute Gasteiger partial charge is 0.120 e. The van der Waals surface area contributed by atoms with Gasteiger partial charge in [0.1, 0.15) is 12.4 Å². The van der Waals surface area contributed by atoms with Crippen molar-refractivity contribution in [2.75, 3.05) is 19.6 Å². The van der Waals surface area contributed by atoms with Gasteiger partial charge in [0.2, 0.25) is 0 Å². The molecule has 130 valence electrons. The van der Waals surface area contributed by atoms with Gasteiger partial charge in [-0.25, -0.2) is 0 Å². The fraction of sp³-hybridized carbons (Fsp3) is 0.368. The van der Waals surface area contributed by atoms with Crippen molar-refractivity contribution in [2.24, 2.45) is 0 Å². The first-order valence-corrected chi connectivity index (χ1v) is 9.01. The van der Waals surface area contributed by atoms with Gasteiger partial charge in [0, 0.05) is 22.2 Å². The molecule has 0 bridgehead atoms. The first kappa shape index (κ1) is 19.1. The van der Waals surface area contributed by atoms with Crippen LogP contribution in [-0.4, -0.2) is 19.6 Å². The van der Waals surface area contributed by atoms with Gasteiger partial charge in [0.25, 0.3) is 0 Å². The standard InChI is InChI=1S/C19H24Cl2N2O/c1-2-22-9-4-10-23-13-15-5-3-6-18(11-15)24-14-16-7-8-17(20)12-19(16)21/h3,5-8,11-12,22-23H,2,4,9-10,13-14H2,1H3. The molecule has 0 aliphatic heterocycles. The zero-order valence-corrected chi connectivity index (χ0v) is 15.5. The normalized spacial score (nSPS) is 10.8. The zero-order chi connectivity index (χ0) is 17.2. The van der Waals surface area contributed by atoms with E-state index < -0.39 is 0 Å². The molecule has 2 aromatic carbocycles. The Morgan fingerprint density at radius 3 is 2.62 bits per heavy atom. The lowest BCUT2D eigenvalue weighted by atomic mass is 10.2. The summed E-state index contributed by atoms with van der Waals surface area (Å²) >= 11 is 12.1. The van der Waals surface area contributed by atoms with Gasteiger partial charge < -0.3 is 15.4 Å². The highest BCUT2D eigenvalue weighted by Crippen LogP contribution is 2.23. The summed E-state index contributed by atoms with van der Waals surface area (Å²) in [5.74, 6) is 0.841. The Labute approximate surface area is 154 Å². The maximum atomic E-state index is 6.17. The van der Waals surface area contributed by atoms with Gasteiger partial charge >= 0.3 is 0 Å². The zero-order valence-electron chi connectivity index (χ0n) is 13.9. The quantitative estimate of drug-likeness (QED) is 0.599. The van der Waals surface area contributed by atoms with Gasteiger partial charge in [0.15, 0.2) is 0 Å². The molecule has 0 fully saturated rings. The van der Waals surface area contributed by atoms with Crippen molar-refractivity contribution in [3.8, 4) is 5.75 Å². The van der Waals surface area contributed by atoms with Crippen molar-refractivity contribution in [1.29, 1.82) is 0 Å². The molecule has 2 aromatic rings. The highest BCUT2D eigenvalue weighted by molar-refractivity contribution is 6.35. The number of ether oxygens (including phenoxy) is 1. The topological polar surface area (TPSA) is 33.3 Å². The summed E-state index contributed by atoms with van der Waals surface area (Å²) < 4.78 is 5.85. The fourth-order valence-electron chi connectivity index (χ4n) is 2.29. The van der Waals surface area contributed by atoms with Crippen molar-refractivity contribution in [1.82, 2.24) is 10.6 Å². The number of hydrogen-bond acceptors (Lipinski definition) is 3. The molecule has 0 aromatic heterocycles. The highest BCUT2D eigenvalue weighted by atomic mass is 35.5. The Kier molecular flexibility index (Phi) is 8.40. The van der Waals surface area contributed by atoms with Crippen molar-refractivity contribution in [2.45, 2.75) is 26.5 Å². The lowest BCUT2D eigenvalue weighted by molar-refractivity contribution is 0.306. The number of nitrogens with one attached hydrogen (secondary N) is 2. The first-order valence-electron chi connectivity index (χ1n) is 8.26. The number of hydrogen-bond donors (Lipinski definition) is 2. The third kappa shape index (κ3) is 6.70. The van der Waals surface area contributed by atoms with Crippen LogP contribution in [0.2, 0.25) is 10.0 Å². The number of benzene rings is 2. The molecule has 5 heteroatoms. The van der Waals surface area contributed by atoms with E-state index in [4.69, 9.17) is 27.9 Å². The first-order chi connectivity index (χ1) is 11.7. The van der Waals surface area contributed by atoms with E-state index in [-0.39, 0.29) is 0 Å². The van der Waals surface area contributed by atoms with Crippen molar-refractivity contribution in [3.05, 3.63) is 63.6 Å². The third-order valence-corrected chi connectivity index (χ3v) is 4.18. The number of halogens is 2. The molecule has 24 heavy (non-hydrogen) atoms. The Balaban J connectivity index is 1.79. The van der Waals surface area contributed by atoms with E-state index in [2.05, 4.69) is 29.7 Å². The largest absolute Gasteiger partial charge is 0.489 e. The van der Waals surface area contributed by atoms with E-state index in [0.717, 1.165) is 43.9 Å². The average Bonchev–Trinajstić information content (AvgIpc) is 2.58. The van der Waals surface area contributed by atoms with Crippen LogP contribution in [0.5, 0.6) is 5.75 Å². The second-order valence-corrected chi connectivity index (χ2v) is 6.40. The summed E-state index contributed by atoms with van der Waals surface area (Å²) in [5.41, 5.74) is 2.13. The van der Waals surface area contributed by atoms with Crippen LogP contribution in [0.4, 0.5) is 0 Å². The predicted octanol–water partition coefficient (Wildman–Crippen LogP) is 4.66. The molecular formula is C19H24Cl2N2O. The van der Waals surface area contributed by atoms with E-state index in [0.29, 0.717) is 16.7 Å². The lowest BCUT2D eigenvalue weighted by Gasteiger charge is -2.10. The van der Waals surface area contributed by atoms with Crippen molar-refractivity contribution in [3.63, 3.8) is 0 Å². The fourth-order valence-corrected chi connectivity index (χ4v) is 2.76. The summed E-state index contributed by atoms with van der Waals surface area (Å²) in [6.07, 6.45) is 1.12. The van der Waals surface area contributed by atoms with Crippen LogP contribution in [0.25, 0.3) is 0 Å².